The molecule has 1 heterocycles. The number of piperazine rings is 1. The molecule has 8 heteroatoms. The summed E-state index contributed by atoms with van der Waals surface area (Å²) in [6, 6.07) is 2.77. The van der Waals surface area contributed by atoms with Crippen molar-refractivity contribution in [2.75, 3.05) is 18.0 Å². The Labute approximate surface area is 111 Å². The molecule has 19 heavy (non-hydrogen) atoms. The molecule has 1 aliphatic rings. The third-order valence-corrected chi connectivity index (χ3v) is 2.88. The number of alkyl halides is 3. The van der Waals surface area contributed by atoms with Gasteiger partial charge < -0.3 is 4.90 Å². The summed E-state index contributed by atoms with van der Waals surface area (Å²) in [4.78, 5) is 23.6. The van der Waals surface area contributed by atoms with Crippen LogP contribution in [0.3, 0.4) is 0 Å². The minimum Gasteiger partial charge on any atom is -0.352 e. The number of carbonyl (C=O) groups is 2. The fraction of sp³-hybridized carbons (Fsp3) is 0.273. The van der Waals surface area contributed by atoms with Gasteiger partial charge in [-0.05, 0) is 18.2 Å². The smallest absolute Gasteiger partial charge is 0.352 e. The largest absolute Gasteiger partial charge is 0.416 e. The number of hydrogen-bond acceptors (Lipinski definition) is 3. The van der Waals surface area contributed by atoms with E-state index in [4.69, 9.17) is 11.6 Å². The van der Waals surface area contributed by atoms with Gasteiger partial charge in [-0.15, -0.1) is 0 Å². The Hall–Kier alpha value is -1.76. The summed E-state index contributed by atoms with van der Waals surface area (Å²) in [6.07, 6.45) is -4.51. The van der Waals surface area contributed by atoms with E-state index in [2.05, 4.69) is 5.32 Å². The van der Waals surface area contributed by atoms with E-state index in [0.29, 0.717) is 0 Å². The van der Waals surface area contributed by atoms with Crippen molar-refractivity contribution < 1.29 is 22.8 Å². The van der Waals surface area contributed by atoms with Crippen LogP contribution in [0.4, 0.5) is 18.9 Å². The summed E-state index contributed by atoms with van der Waals surface area (Å²) in [5.74, 6) is -1.16. The van der Waals surface area contributed by atoms with Crippen molar-refractivity contribution >= 4 is 29.1 Å². The van der Waals surface area contributed by atoms with E-state index in [0.717, 1.165) is 18.2 Å². The highest BCUT2D eigenvalue weighted by atomic mass is 35.5. The van der Waals surface area contributed by atoms with Gasteiger partial charge in [0.05, 0.1) is 29.4 Å². The van der Waals surface area contributed by atoms with Crippen molar-refractivity contribution in [2.24, 2.45) is 0 Å². The Morgan fingerprint density at radius 3 is 2.26 bits per heavy atom. The number of hydrogen-bond donors (Lipinski definition) is 1. The van der Waals surface area contributed by atoms with Crippen LogP contribution < -0.4 is 10.2 Å². The van der Waals surface area contributed by atoms with Crippen LogP contribution in [0.2, 0.25) is 5.02 Å². The maximum atomic E-state index is 12.6. The Morgan fingerprint density at radius 1 is 1.16 bits per heavy atom. The van der Waals surface area contributed by atoms with E-state index < -0.39 is 23.6 Å². The zero-order chi connectivity index (χ0) is 14.2. The van der Waals surface area contributed by atoms with Crippen molar-refractivity contribution in [3.8, 4) is 0 Å². The maximum Gasteiger partial charge on any atom is 0.416 e. The highest BCUT2D eigenvalue weighted by molar-refractivity contribution is 6.33. The van der Waals surface area contributed by atoms with Crippen LogP contribution >= 0.6 is 11.6 Å². The van der Waals surface area contributed by atoms with Gasteiger partial charge in [0, 0.05) is 0 Å². The number of halogens is 4. The lowest BCUT2D eigenvalue weighted by Gasteiger charge is -2.28. The van der Waals surface area contributed by atoms with Gasteiger partial charge in [-0.1, -0.05) is 11.6 Å². The van der Waals surface area contributed by atoms with Crippen LogP contribution in [0.1, 0.15) is 5.56 Å². The first kappa shape index (κ1) is 13.7. The van der Waals surface area contributed by atoms with Gasteiger partial charge in [-0.25, -0.2) is 0 Å². The molecule has 1 aromatic rings. The van der Waals surface area contributed by atoms with Gasteiger partial charge in [0.15, 0.2) is 0 Å². The number of amides is 2. The van der Waals surface area contributed by atoms with Gasteiger partial charge in [0.1, 0.15) is 0 Å². The fourth-order valence-electron chi connectivity index (χ4n) is 1.74. The number of carbonyl (C=O) groups excluding carboxylic acids is 2. The van der Waals surface area contributed by atoms with Gasteiger partial charge in [-0.3, -0.25) is 14.9 Å². The van der Waals surface area contributed by atoms with E-state index in [1.54, 1.807) is 0 Å². The molecule has 0 atom stereocenters. The van der Waals surface area contributed by atoms with Crippen LogP contribution in [0.25, 0.3) is 0 Å². The number of nitrogens with zero attached hydrogens (tertiary/aromatic N) is 1. The minimum atomic E-state index is -4.51. The van der Waals surface area contributed by atoms with E-state index in [9.17, 15) is 22.8 Å². The summed E-state index contributed by atoms with van der Waals surface area (Å²) in [5.41, 5.74) is -0.870. The molecule has 1 fully saturated rings. The van der Waals surface area contributed by atoms with Crippen LogP contribution in [-0.2, 0) is 15.8 Å². The van der Waals surface area contributed by atoms with Crippen molar-refractivity contribution in [3.05, 3.63) is 28.8 Å². The maximum absolute atomic E-state index is 12.6. The Kier molecular flexibility index (Phi) is 3.40. The van der Waals surface area contributed by atoms with E-state index in [1.807, 2.05) is 0 Å². The normalized spacial score (nSPS) is 16.5. The van der Waals surface area contributed by atoms with Gasteiger partial charge >= 0.3 is 6.18 Å². The second-order valence-electron chi connectivity index (χ2n) is 3.99. The molecule has 2 amide bonds. The highest BCUT2D eigenvalue weighted by Crippen LogP contribution is 2.35. The highest BCUT2D eigenvalue weighted by Gasteiger charge is 2.32. The Bertz CT molecular complexity index is 529. The lowest BCUT2D eigenvalue weighted by Crippen LogP contribution is -2.51. The number of anilines is 1. The first-order valence-corrected chi connectivity index (χ1v) is 5.59. The molecule has 0 aromatic heterocycles. The molecule has 0 bridgehead atoms. The Morgan fingerprint density at radius 2 is 1.74 bits per heavy atom. The first-order chi connectivity index (χ1) is 8.77. The minimum absolute atomic E-state index is 0.0136. The second kappa shape index (κ2) is 4.73. The molecule has 0 radical (unpaired) electrons. The zero-order valence-corrected chi connectivity index (χ0v) is 10.2. The Balaban J connectivity index is 2.38. The van der Waals surface area contributed by atoms with Crippen molar-refractivity contribution in [1.82, 2.24) is 5.32 Å². The molecule has 0 unspecified atom stereocenters. The second-order valence-corrected chi connectivity index (χ2v) is 4.40. The van der Waals surface area contributed by atoms with Crippen molar-refractivity contribution in [1.29, 1.82) is 0 Å². The molecule has 1 aliphatic heterocycles. The van der Waals surface area contributed by atoms with E-state index in [-0.39, 0.29) is 23.8 Å². The summed E-state index contributed by atoms with van der Waals surface area (Å²) in [7, 11) is 0. The SMILES string of the molecule is O=C1CN(c2cc(C(F)(F)F)ccc2Cl)CC(=O)N1. The van der Waals surface area contributed by atoms with Crippen LogP contribution in [0.15, 0.2) is 18.2 Å². The van der Waals surface area contributed by atoms with E-state index >= 15 is 0 Å². The fourth-order valence-corrected chi connectivity index (χ4v) is 1.98. The first-order valence-electron chi connectivity index (χ1n) is 5.22. The lowest BCUT2D eigenvalue weighted by molar-refractivity contribution is -0.137. The number of imide groups is 1. The molecule has 0 aliphatic carbocycles. The monoisotopic (exact) mass is 292 g/mol. The van der Waals surface area contributed by atoms with Crippen LogP contribution in [0.5, 0.6) is 0 Å². The molecule has 1 aromatic carbocycles. The standard InChI is InChI=1S/C11H8ClF3N2O2/c12-7-2-1-6(11(13,14)15)3-8(7)17-4-9(18)16-10(19)5-17/h1-3H,4-5H2,(H,16,18,19). The molecular weight excluding hydrogens is 285 g/mol. The third kappa shape index (κ3) is 2.98. The number of benzene rings is 1. The predicted octanol–water partition coefficient (Wildman–Crippen LogP) is 1.82. The van der Waals surface area contributed by atoms with Gasteiger partial charge in [0.2, 0.25) is 11.8 Å². The van der Waals surface area contributed by atoms with Crippen LogP contribution in [0, 0.1) is 0 Å². The van der Waals surface area contributed by atoms with Crippen molar-refractivity contribution in [3.63, 3.8) is 0 Å². The van der Waals surface area contributed by atoms with E-state index in [1.165, 1.54) is 4.90 Å². The topological polar surface area (TPSA) is 49.4 Å². The third-order valence-electron chi connectivity index (χ3n) is 2.56. The molecule has 102 valence electrons. The lowest BCUT2D eigenvalue weighted by atomic mass is 10.1. The molecule has 1 N–H and O–H groups in total. The molecule has 4 nitrogen and oxygen atoms in total. The molecule has 1 saturated heterocycles. The molecule has 0 saturated carbocycles. The zero-order valence-electron chi connectivity index (χ0n) is 9.42. The molecule has 2 rings (SSSR count). The summed E-state index contributed by atoms with van der Waals surface area (Å²) >= 11 is 5.82. The summed E-state index contributed by atoms with van der Waals surface area (Å²) in [5, 5.41) is 2.11. The van der Waals surface area contributed by atoms with Gasteiger partial charge in [0.25, 0.3) is 0 Å². The average molecular weight is 293 g/mol. The predicted molar refractivity (Wildman–Crippen MR) is 61.8 cm³/mol. The van der Waals surface area contributed by atoms with Crippen molar-refractivity contribution in [2.45, 2.75) is 6.18 Å². The number of nitrogens with one attached hydrogen (secondary N) is 1. The quantitative estimate of drug-likeness (QED) is 0.803. The number of rotatable bonds is 1. The molecular formula is C11H8ClF3N2O2. The average Bonchev–Trinajstić information content (AvgIpc) is 2.26. The summed E-state index contributed by atoms with van der Waals surface area (Å²) < 4.78 is 37.8. The van der Waals surface area contributed by atoms with Crippen LogP contribution in [-0.4, -0.2) is 24.9 Å². The molecule has 0 spiro atoms. The van der Waals surface area contributed by atoms with Gasteiger partial charge in [-0.2, -0.15) is 13.2 Å². The summed E-state index contributed by atoms with van der Waals surface area (Å²) in [6.45, 7) is -0.431.